The minimum Gasteiger partial charge on any atom is -0.383 e. The van der Waals surface area contributed by atoms with Crippen LogP contribution >= 0.6 is 0 Å². The minimum absolute atomic E-state index is 0.212. The van der Waals surface area contributed by atoms with E-state index in [2.05, 4.69) is 27.5 Å². The number of unbranched alkanes of at least 4 members (excludes halogenated alkanes) is 2. The number of amides is 1. The van der Waals surface area contributed by atoms with Crippen LogP contribution in [0.5, 0.6) is 0 Å². The van der Waals surface area contributed by atoms with Crippen LogP contribution in [0.4, 0.5) is 5.82 Å². The smallest absolute Gasteiger partial charge is 0.270 e. The summed E-state index contributed by atoms with van der Waals surface area (Å²) in [5.74, 6) is 0.471. The highest BCUT2D eigenvalue weighted by atomic mass is 16.5. The Balaban J connectivity index is 2.44. The number of hydrogen-bond acceptors (Lipinski definition) is 5. The molecule has 0 aliphatic heterocycles. The van der Waals surface area contributed by atoms with E-state index in [-0.39, 0.29) is 5.91 Å². The molecule has 0 aliphatic carbocycles. The van der Waals surface area contributed by atoms with Gasteiger partial charge in [0.05, 0.1) is 6.61 Å². The normalized spacial score (nSPS) is 10.2. The van der Waals surface area contributed by atoms with Crippen LogP contribution in [0, 0.1) is 0 Å². The second-order valence-corrected chi connectivity index (χ2v) is 4.17. The third-order valence-corrected chi connectivity index (χ3v) is 2.58. The molecule has 6 nitrogen and oxygen atoms in total. The van der Waals surface area contributed by atoms with E-state index in [1.54, 1.807) is 13.2 Å². The third-order valence-electron chi connectivity index (χ3n) is 2.58. The highest BCUT2D eigenvalue weighted by Crippen LogP contribution is 2.04. The Hall–Kier alpha value is -1.69. The molecule has 0 aromatic carbocycles. The van der Waals surface area contributed by atoms with Gasteiger partial charge in [-0.2, -0.15) is 0 Å². The standard InChI is InChI=1S/C13H22N4O2/c1-3-4-5-6-14-12-9-11(16-10-17-12)13(18)15-7-8-19-2/h9-10H,3-8H2,1-2H3,(H,15,18)(H,14,16,17). The van der Waals surface area contributed by atoms with Gasteiger partial charge in [-0.1, -0.05) is 19.8 Å². The van der Waals surface area contributed by atoms with E-state index < -0.39 is 0 Å². The fourth-order valence-electron chi connectivity index (χ4n) is 1.53. The van der Waals surface area contributed by atoms with Crippen LogP contribution in [0.3, 0.4) is 0 Å². The number of hydrogen-bond donors (Lipinski definition) is 2. The number of carbonyl (C=O) groups excluding carboxylic acids is 1. The van der Waals surface area contributed by atoms with Gasteiger partial charge >= 0.3 is 0 Å². The molecule has 106 valence electrons. The molecule has 1 amide bonds. The zero-order chi connectivity index (χ0) is 13.9. The molecule has 6 heteroatoms. The number of nitrogens with zero attached hydrogens (tertiary/aromatic N) is 2. The Morgan fingerprint density at radius 3 is 2.89 bits per heavy atom. The lowest BCUT2D eigenvalue weighted by Gasteiger charge is -2.07. The Morgan fingerprint density at radius 2 is 2.16 bits per heavy atom. The van der Waals surface area contributed by atoms with E-state index in [1.807, 2.05) is 0 Å². The van der Waals surface area contributed by atoms with Gasteiger partial charge in [-0.3, -0.25) is 4.79 Å². The second-order valence-electron chi connectivity index (χ2n) is 4.17. The first-order valence-electron chi connectivity index (χ1n) is 6.61. The summed E-state index contributed by atoms with van der Waals surface area (Å²) in [6.07, 6.45) is 4.85. The molecule has 0 fully saturated rings. The lowest BCUT2D eigenvalue weighted by Crippen LogP contribution is -2.27. The van der Waals surface area contributed by atoms with Gasteiger partial charge in [-0.25, -0.2) is 9.97 Å². The quantitative estimate of drug-likeness (QED) is 0.662. The summed E-state index contributed by atoms with van der Waals surface area (Å²) in [6.45, 7) is 3.97. The Kier molecular flexibility index (Phi) is 7.50. The van der Waals surface area contributed by atoms with Crippen molar-refractivity contribution < 1.29 is 9.53 Å². The zero-order valence-electron chi connectivity index (χ0n) is 11.6. The molecular weight excluding hydrogens is 244 g/mol. The third kappa shape index (κ3) is 6.15. The van der Waals surface area contributed by atoms with E-state index in [0.717, 1.165) is 13.0 Å². The number of rotatable bonds is 9. The topological polar surface area (TPSA) is 76.1 Å². The van der Waals surface area contributed by atoms with Crippen molar-refractivity contribution in [3.05, 3.63) is 18.1 Å². The van der Waals surface area contributed by atoms with Crippen molar-refractivity contribution in [2.24, 2.45) is 0 Å². The molecule has 0 aliphatic rings. The molecule has 1 aromatic heterocycles. The summed E-state index contributed by atoms with van der Waals surface area (Å²) < 4.78 is 4.87. The fraction of sp³-hybridized carbons (Fsp3) is 0.615. The first-order chi connectivity index (χ1) is 9.27. The van der Waals surface area contributed by atoms with Crippen molar-refractivity contribution in [2.45, 2.75) is 26.2 Å². The second kappa shape index (κ2) is 9.27. The summed E-state index contributed by atoms with van der Waals surface area (Å²) in [6, 6.07) is 1.66. The lowest BCUT2D eigenvalue weighted by atomic mass is 10.2. The summed E-state index contributed by atoms with van der Waals surface area (Å²) in [4.78, 5) is 19.8. The number of ether oxygens (including phenoxy) is 1. The predicted molar refractivity (Wildman–Crippen MR) is 74.3 cm³/mol. The molecule has 0 radical (unpaired) electrons. The number of methoxy groups -OCH3 is 1. The maximum absolute atomic E-state index is 11.8. The first-order valence-corrected chi connectivity index (χ1v) is 6.61. The lowest BCUT2D eigenvalue weighted by molar-refractivity contribution is 0.0932. The van der Waals surface area contributed by atoms with Crippen molar-refractivity contribution >= 4 is 11.7 Å². The maximum Gasteiger partial charge on any atom is 0.270 e. The molecule has 1 rings (SSSR count). The molecule has 0 unspecified atom stereocenters. The van der Waals surface area contributed by atoms with E-state index in [1.165, 1.54) is 19.2 Å². The molecule has 19 heavy (non-hydrogen) atoms. The van der Waals surface area contributed by atoms with Crippen LogP contribution in [0.2, 0.25) is 0 Å². The van der Waals surface area contributed by atoms with Gasteiger partial charge in [0.1, 0.15) is 17.8 Å². The number of nitrogens with one attached hydrogen (secondary N) is 2. The first kappa shape index (κ1) is 15.4. The number of anilines is 1. The summed E-state index contributed by atoms with van der Waals surface area (Å²) in [7, 11) is 1.59. The Morgan fingerprint density at radius 1 is 1.32 bits per heavy atom. The van der Waals surface area contributed by atoms with Gasteiger partial charge in [0.15, 0.2) is 0 Å². The predicted octanol–water partition coefficient (Wildman–Crippen LogP) is 1.45. The number of carbonyl (C=O) groups is 1. The highest BCUT2D eigenvalue weighted by molar-refractivity contribution is 5.92. The SMILES string of the molecule is CCCCCNc1cc(C(=O)NCCOC)ncn1. The molecular formula is C13H22N4O2. The monoisotopic (exact) mass is 266 g/mol. The van der Waals surface area contributed by atoms with E-state index in [9.17, 15) is 4.79 Å². The molecule has 0 saturated heterocycles. The van der Waals surface area contributed by atoms with Crippen LogP contribution in [-0.4, -0.2) is 42.7 Å². The molecule has 2 N–H and O–H groups in total. The van der Waals surface area contributed by atoms with Crippen molar-refractivity contribution in [1.29, 1.82) is 0 Å². The Labute approximate surface area is 114 Å². The van der Waals surface area contributed by atoms with Crippen LogP contribution in [0.15, 0.2) is 12.4 Å². The van der Waals surface area contributed by atoms with Crippen molar-refractivity contribution in [3.8, 4) is 0 Å². The van der Waals surface area contributed by atoms with Crippen LogP contribution < -0.4 is 10.6 Å². The van der Waals surface area contributed by atoms with Gasteiger partial charge < -0.3 is 15.4 Å². The number of aromatic nitrogens is 2. The molecule has 0 spiro atoms. The summed E-state index contributed by atoms with van der Waals surface area (Å²) >= 11 is 0. The average molecular weight is 266 g/mol. The summed E-state index contributed by atoms with van der Waals surface area (Å²) in [5, 5.41) is 5.91. The summed E-state index contributed by atoms with van der Waals surface area (Å²) in [5.41, 5.74) is 0.365. The van der Waals surface area contributed by atoms with Crippen molar-refractivity contribution in [3.63, 3.8) is 0 Å². The molecule has 0 saturated carbocycles. The van der Waals surface area contributed by atoms with E-state index in [0.29, 0.717) is 24.7 Å². The van der Waals surface area contributed by atoms with Gasteiger partial charge in [0.2, 0.25) is 0 Å². The van der Waals surface area contributed by atoms with Crippen LogP contribution in [0.1, 0.15) is 36.7 Å². The van der Waals surface area contributed by atoms with Gasteiger partial charge in [0, 0.05) is 26.3 Å². The van der Waals surface area contributed by atoms with Crippen LogP contribution in [0.25, 0.3) is 0 Å². The molecule has 0 atom stereocenters. The molecule has 0 bridgehead atoms. The van der Waals surface area contributed by atoms with Gasteiger partial charge in [-0.15, -0.1) is 0 Å². The van der Waals surface area contributed by atoms with Crippen LogP contribution in [-0.2, 0) is 4.74 Å². The van der Waals surface area contributed by atoms with Gasteiger partial charge in [-0.05, 0) is 6.42 Å². The maximum atomic E-state index is 11.8. The van der Waals surface area contributed by atoms with E-state index >= 15 is 0 Å². The minimum atomic E-state index is -0.212. The Bertz CT molecular complexity index is 385. The average Bonchev–Trinajstić information content (AvgIpc) is 2.44. The van der Waals surface area contributed by atoms with Crippen molar-refractivity contribution in [1.82, 2.24) is 15.3 Å². The molecule has 1 aromatic rings. The van der Waals surface area contributed by atoms with Crippen molar-refractivity contribution in [2.75, 3.05) is 32.1 Å². The highest BCUT2D eigenvalue weighted by Gasteiger charge is 2.07. The van der Waals surface area contributed by atoms with Gasteiger partial charge in [0.25, 0.3) is 5.91 Å². The zero-order valence-corrected chi connectivity index (χ0v) is 11.6. The molecule has 1 heterocycles. The fourth-order valence-corrected chi connectivity index (χ4v) is 1.53. The largest absolute Gasteiger partial charge is 0.383 e. The van der Waals surface area contributed by atoms with E-state index in [4.69, 9.17) is 4.74 Å².